The van der Waals surface area contributed by atoms with Crippen LogP contribution in [-0.4, -0.2) is 26.2 Å². The summed E-state index contributed by atoms with van der Waals surface area (Å²) in [6.45, 7) is 1.34. The Kier molecular flexibility index (Phi) is 5.52. The first-order valence-corrected chi connectivity index (χ1v) is 7.29. The zero-order chi connectivity index (χ0) is 14.5. The Labute approximate surface area is 128 Å². The smallest absolute Gasteiger partial charge is 0.305 e. The number of hydrogen-bond acceptors (Lipinski definition) is 4. The standard InChI is InChI=1S/C14H17Cl2NO3/c1-19-13(18)3-2-5-17-12-4-6-20-14-10(12)7-9(15)8-11(14)16/h7-8,12,17H,2-6H2,1H3. The van der Waals surface area contributed by atoms with Gasteiger partial charge in [-0.3, -0.25) is 4.79 Å². The van der Waals surface area contributed by atoms with Crippen LogP contribution in [0.2, 0.25) is 10.0 Å². The molecule has 0 aromatic heterocycles. The highest BCUT2D eigenvalue weighted by molar-refractivity contribution is 6.35. The Bertz CT molecular complexity index is 494. The lowest BCUT2D eigenvalue weighted by atomic mass is 10.0. The van der Waals surface area contributed by atoms with E-state index in [1.54, 1.807) is 6.07 Å². The Morgan fingerprint density at radius 3 is 3.05 bits per heavy atom. The molecule has 1 aliphatic heterocycles. The summed E-state index contributed by atoms with van der Waals surface area (Å²) in [5.74, 6) is 0.512. The molecule has 1 unspecified atom stereocenters. The lowest BCUT2D eigenvalue weighted by Gasteiger charge is -2.27. The fourth-order valence-corrected chi connectivity index (χ4v) is 2.81. The zero-order valence-electron chi connectivity index (χ0n) is 11.2. The molecule has 20 heavy (non-hydrogen) atoms. The van der Waals surface area contributed by atoms with Gasteiger partial charge in [0.25, 0.3) is 0 Å². The van der Waals surface area contributed by atoms with Crippen LogP contribution < -0.4 is 10.1 Å². The summed E-state index contributed by atoms with van der Waals surface area (Å²) >= 11 is 12.2. The Hall–Kier alpha value is -0.970. The number of carbonyl (C=O) groups excluding carboxylic acids is 1. The van der Waals surface area contributed by atoms with Crippen molar-refractivity contribution < 1.29 is 14.3 Å². The van der Waals surface area contributed by atoms with E-state index in [1.807, 2.05) is 6.07 Å². The van der Waals surface area contributed by atoms with E-state index in [9.17, 15) is 4.79 Å². The van der Waals surface area contributed by atoms with E-state index in [-0.39, 0.29) is 12.0 Å². The number of nitrogens with one attached hydrogen (secondary N) is 1. The van der Waals surface area contributed by atoms with Gasteiger partial charge in [-0.25, -0.2) is 0 Å². The molecular weight excluding hydrogens is 301 g/mol. The van der Waals surface area contributed by atoms with E-state index >= 15 is 0 Å². The number of ether oxygens (including phenoxy) is 2. The minimum Gasteiger partial charge on any atom is -0.492 e. The van der Waals surface area contributed by atoms with Crippen LogP contribution in [0, 0.1) is 0 Å². The maximum Gasteiger partial charge on any atom is 0.305 e. The van der Waals surface area contributed by atoms with Crippen molar-refractivity contribution in [3.8, 4) is 5.75 Å². The van der Waals surface area contributed by atoms with Crippen LogP contribution in [0.25, 0.3) is 0 Å². The third-order valence-electron chi connectivity index (χ3n) is 3.24. The first kappa shape index (κ1) is 15.4. The predicted molar refractivity (Wildman–Crippen MR) is 78.6 cm³/mol. The van der Waals surface area contributed by atoms with Crippen molar-refractivity contribution in [3.63, 3.8) is 0 Å². The lowest BCUT2D eigenvalue weighted by Crippen LogP contribution is -2.28. The van der Waals surface area contributed by atoms with Crippen molar-refractivity contribution in [2.75, 3.05) is 20.3 Å². The topological polar surface area (TPSA) is 47.6 Å². The maximum atomic E-state index is 11.0. The fourth-order valence-electron chi connectivity index (χ4n) is 2.25. The number of rotatable bonds is 5. The third kappa shape index (κ3) is 3.78. The number of fused-ring (bicyclic) bond motifs is 1. The van der Waals surface area contributed by atoms with E-state index in [4.69, 9.17) is 27.9 Å². The van der Waals surface area contributed by atoms with Crippen LogP contribution in [-0.2, 0) is 9.53 Å². The first-order valence-electron chi connectivity index (χ1n) is 6.53. The van der Waals surface area contributed by atoms with Crippen molar-refractivity contribution in [1.82, 2.24) is 5.32 Å². The number of halogens is 2. The van der Waals surface area contributed by atoms with Gasteiger partial charge in [0.15, 0.2) is 0 Å². The molecule has 1 atom stereocenters. The van der Waals surface area contributed by atoms with Crippen LogP contribution in [0.1, 0.15) is 30.9 Å². The molecule has 1 aromatic rings. The molecule has 1 N–H and O–H groups in total. The molecule has 0 aliphatic carbocycles. The van der Waals surface area contributed by atoms with Crippen LogP contribution in [0.4, 0.5) is 0 Å². The minimum absolute atomic E-state index is 0.146. The number of benzene rings is 1. The zero-order valence-corrected chi connectivity index (χ0v) is 12.8. The van der Waals surface area contributed by atoms with Crippen molar-refractivity contribution in [2.45, 2.75) is 25.3 Å². The van der Waals surface area contributed by atoms with Crippen molar-refractivity contribution in [3.05, 3.63) is 27.7 Å². The van der Waals surface area contributed by atoms with Gasteiger partial charge in [0.05, 0.1) is 18.7 Å². The monoisotopic (exact) mass is 317 g/mol. The second-order valence-corrected chi connectivity index (χ2v) is 5.47. The molecule has 0 spiro atoms. The van der Waals surface area contributed by atoms with Crippen molar-refractivity contribution in [1.29, 1.82) is 0 Å². The van der Waals surface area contributed by atoms with Gasteiger partial charge < -0.3 is 14.8 Å². The molecule has 110 valence electrons. The summed E-state index contributed by atoms with van der Waals surface area (Å²) < 4.78 is 10.2. The summed E-state index contributed by atoms with van der Waals surface area (Å²) in [5, 5.41) is 4.54. The molecule has 0 bridgehead atoms. The molecule has 0 saturated carbocycles. The van der Waals surface area contributed by atoms with Gasteiger partial charge >= 0.3 is 5.97 Å². The first-order chi connectivity index (χ1) is 9.61. The molecule has 0 radical (unpaired) electrons. The molecule has 2 rings (SSSR count). The minimum atomic E-state index is -0.190. The molecule has 0 fully saturated rings. The SMILES string of the molecule is COC(=O)CCCNC1CCOc2c(Cl)cc(Cl)cc21. The van der Waals surface area contributed by atoms with Crippen LogP contribution >= 0.6 is 23.2 Å². The third-order valence-corrected chi connectivity index (χ3v) is 3.74. The van der Waals surface area contributed by atoms with E-state index < -0.39 is 0 Å². The number of hydrogen-bond donors (Lipinski definition) is 1. The Morgan fingerprint density at radius 2 is 2.30 bits per heavy atom. The average molecular weight is 318 g/mol. The summed E-state index contributed by atoms with van der Waals surface area (Å²) in [5.41, 5.74) is 0.979. The van der Waals surface area contributed by atoms with Crippen LogP contribution in [0.5, 0.6) is 5.75 Å². The molecule has 4 nitrogen and oxygen atoms in total. The van der Waals surface area contributed by atoms with Gasteiger partial charge in [0.1, 0.15) is 5.75 Å². The molecule has 1 heterocycles. The van der Waals surface area contributed by atoms with Crippen LogP contribution in [0.3, 0.4) is 0 Å². The highest BCUT2D eigenvalue weighted by Crippen LogP contribution is 2.39. The molecule has 1 aromatic carbocycles. The van der Waals surface area contributed by atoms with Gasteiger partial charge in [-0.05, 0) is 25.1 Å². The summed E-state index contributed by atoms with van der Waals surface area (Å²) in [7, 11) is 1.40. The van der Waals surface area contributed by atoms with Crippen molar-refractivity contribution >= 4 is 29.2 Å². The highest BCUT2D eigenvalue weighted by Gasteiger charge is 2.23. The van der Waals surface area contributed by atoms with E-state index in [0.717, 1.165) is 24.9 Å². The van der Waals surface area contributed by atoms with Crippen LogP contribution in [0.15, 0.2) is 12.1 Å². The average Bonchev–Trinajstić information content (AvgIpc) is 2.43. The Balaban J connectivity index is 1.96. The molecule has 0 saturated heterocycles. The number of esters is 1. The predicted octanol–water partition coefficient (Wildman–Crippen LogP) is 3.36. The van der Waals surface area contributed by atoms with Gasteiger partial charge in [-0.15, -0.1) is 0 Å². The van der Waals surface area contributed by atoms with Gasteiger partial charge in [-0.2, -0.15) is 0 Å². The summed E-state index contributed by atoms with van der Waals surface area (Å²) in [6.07, 6.45) is 1.99. The summed E-state index contributed by atoms with van der Waals surface area (Å²) in [4.78, 5) is 11.0. The van der Waals surface area contributed by atoms with Gasteiger partial charge in [-0.1, -0.05) is 23.2 Å². The Morgan fingerprint density at radius 1 is 1.50 bits per heavy atom. The molecule has 1 aliphatic rings. The molecule has 6 heteroatoms. The van der Waals surface area contributed by atoms with E-state index in [2.05, 4.69) is 10.1 Å². The van der Waals surface area contributed by atoms with E-state index in [0.29, 0.717) is 28.8 Å². The van der Waals surface area contributed by atoms with E-state index in [1.165, 1.54) is 7.11 Å². The van der Waals surface area contributed by atoms with Gasteiger partial charge in [0.2, 0.25) is 0 Å². The van der Waals surface area contributed by atoms with Crippen molar-refractivity contribution in [2.24, 2.45) is 0 Å². The highest BCUT2D eigenvalue weighted by atomic mass is 35.5. The number of methoxy groups -OCH3 is 1. The normalized spacial score (nSPS) is 17.2. The second kappa shape index (κ2) is 7.16. The number of carbonyl (C=O) groups is 1. The molecule has 0 amide bonds. The summed E-state index contributed by atoms with van der Waals surface area (Å²) in [6, 6.07) is 3.70. The maximum absolute atomic E-state index is 11.0. The molecular formula is C14H17Cl2NO3. The lowest BCUT2D eigenvalue weighted by molar-refractivity contribution is -0.140. The second-order valence-electron chi connectivity index (χ2n) is 4.63. The fraction of sp³-hybridized carbons (Fsp3) is 0.500. The largest absolute Gasteiger partial charge is 0.492 e. The quantitative estimate of drug-likeness (QED) is 0.668. The van der Waals surface area contributed by atoms with Gasteiger partial charge in [0, 0.05) is 29.5 Å².